The number of ether oxygens (including phenoxy) is 1. The number of rotatable bonds is 4. The molecule has 2 saturated heterocycles. The highest BCUT2D eigenvalue weighted by Crippen LogP contribution is 2.70. The highest BCUT2D eigenvalue weighted by Gasteiger charge is 2.65. The Kier molecular flexibility index (Phi) is 3.48. The van der Waals surface area contributed by atoms with Crippen molar-refractivity contribution in [2.45, 2.75) is 50.2 Å². The molecule has 2 saturated carbocycles. The van der Waals surface area contributed by atoms with Crippen LogP contribution < -0.4 is 10.2 Å². The fraction of sp³-hybridized carbons (Fsp3) is 0.684. The molecule has 1 aromatic heterocycles. The van der Waals surface area contributed by atoms with Crippen LogP contribution in [0.5, 0.6) is 0 Å². The summed E-state index contributed by atoms with van der Waals surface area (Å²) in [6.07, 6.45) is 9.97. The van der Waals surface area contributed by atoms with E-state index in [1.807, 2.05) is 6.07 Å². The molecule has 3 heterocycles. The molecule has 2 aliphatic carbocycles. The summed E-state index contributed by atoms with van der Waals surface area (Å²) >= 11 is 0. The molecule has 5 rings (SSSR count). The number of hydrogen-bond donors (Lipinski definition) is 1. The van der Waals surface area contributed by atoms with E-state index < -0.39 is 0 Å². The summed E-state index contributed by atoms with van der Waals surface area (Å²) in [6.45, 7) is 2.16. The van der Waals surface area contributed by atoms with Crippen molar-refractivity contribution in [1.82, 2.24) is 15.3 Å². The average molecular weight is 353 g/mol. The maximum atomic E-state index is 12.2. The normalized spacial score (nSPS) is 29.7. The van der Waals surface area contributed by atoms with Gasteiger partial charge in [-0.05, 0) is 43.9 Å². The summed E-state index contributed by atoms with van der Waals surface area (Å²) in [5.74, 6) is 1.23. The van der Waals surface area contributed by atoms with Crippen molar-refractivity contribution < 1.29 is 9.53 Å². The molecule has 136 valence electrons. The Hall–Kier alpha value is -2.20. The molecule has 1 amide bonds. The van der Waals surface area contributed by atoms with Crippen LogP contribution in [-0.4, -0.2) is 47.2 Å². The molecule has 7 heteroatoms. The molecule has 1 aromatic rings. The van der Waals surface area contributed by atoms with E-state index in [1.54, 1.807) is 6.20 Å². The van der Waals surface area contributed by atoms with Gasteiger partial charge in [0.1, 0.15) is 17.5 Å². The summed E-state index contributed by atoms with van der Waals surface area (Å²) in [5, 5.41) is 12.1. The Morgan fingerprint density at radius 3 is 2.96 bits per heavy atom. The Bertz CT molecular complexity index is 778. The quantitative estimate of drug-likeness (QED) is 0.880. The van der Waals surface area contributed by atoms with E-state index in [1.165, 1.54) is 19.0 Å². The first-order chi connectivity index (χ1) is 12.6. The molecule has 4 fully saturated rings. The van der Waals surface area contributed by atoms with E-state index in [9.17, 15) is 4.79 Å². The summed E-state index contributed by atoms with van der Waals surface area (Å²) < 4.78 is 6.37. The van der Waals surface area contributed by atoms with E-state index >= 15 is 0 Å². The molecule has 0 aromatic carbocycles. The average Bonchev–Trinajstić information content (AvgIpc) is 3.57. The monoisotopic (exact) mass is 353 g/mol. The van der Waals surface area contributed by atoms with Gasteiger partial charge in [-0.3, -0.25) is 9.78 Å². The van der Waals surface area contributed by atoms with Gasteiger partial charge in [-0.15, -0.1) is 0 Å². The number of nitrogens with zero attached hydrogens (tertiary/aromatic N) is 4. The van der Waals surface area contributed by atoms with E-state index in [0.717, 1.165) is 44.6 Å². The molecule has 2 unspecified atom stereocenters. The first-order valence-corrected chi connectivity index (χ1v) is 9.54. The number of carbonyl (C=O) groups excluding carboxylic acids is 1. The third-order valence-electron chi connectivity index (χ3n) is 6.50. The summed E-state index contributed by atoms with van der Waals surface area (Å²) in [6, 6.07) is 2.03. The number of carbonyl (C=O) groups is 1. The molecule has 0 bridgehead atoms. The Morgan fingerprint density at radius 2 is 2.23 bits per heavy atom. The predicted molar refractivity (Wildman–Crippen MR) is 93.2 cm³/mol. The van der Waals surface area contributed by atoms with Gasteiger partial charge in [0.25, 0.3) is 0 Å². The van der Waals surface area contributed by atoms with Crippen LogP contribution in [-0.2, 0) is 9.53 Å². The second-order valence-corrected chi connectivity index (χ2v) is 8.41. The molecule has 4 aliphatic rings. The molecule has 7 nitrogen and oxygen atoms in total. The lowest BCUT2D eigenvalue weighted by Crippen LogP contribution is -2.66. The van der Waals surface area contributed by atoms with Crippen LogP contribution in [0, 0.1) is 22.7 Å². The fourth-order valence-electron chi connectivity index (χ4n) is 4.64. The molecule has 2 spiro atoms. The SMILES string of the molecule is N#Cc1cncc(N2CC3(CCCC(CNC(=O)C4CC45CC5)O3)C2)n1. The lowest BCUT2D eigenvalue weighted by molar-refractivity contribution is -0.144. The van der Waals surface area contributed by atoms with Crippen molar-refractivity contribution in [2.24, 2.45) is 11.3 Å². The number of anilines is 1. The second-order valence-electron chi connectivity index (χ2n) is 8.41. The van der Waals surface area contributed by atoms with Gasteiger partial charge < -0.3 is 15.0 Å². The van der Waals surface area contributed by atoms with Gasteiger partial charge >= 0.3 is 0 Å². The van der Waals surface area contributed by atoms with Crippen molar-refractivity contribution in [1.29, 1.82) is 5.26 Å². The van der Waals surface area contributed by atoms with Crippen LogP contribution in [0.3, 0.4) is 0 Å². The van der Waals surface area contributed by atoms with Crippen LogP contribution in [0.1, 0.15) is 44.2 Å². The highest BCUT2D eigenvalue weighted by atomic mass is 16.5. The zero-order valence-corrected chi connectivity index (χ0v) is 14.8. The maximum absolute atomic E-state index is 12.2. The smallest absolute Gasteiger partial charge is 0.223 e. The molecule has 2 aliphatic heterocycles. The van der Waals surface area contributed by atoms with Gasteiger partial charge in [-0.25, -0.2) is 4.98 Å². The number of aromatic nitrogens is 2. The molecule has 26 heavy (non-hydrogen) atoms. The number of nitriles is 1. The van der Waals surface area contributed by atoms with Crippen LogP contribution in [0.4, 0.5) is 5.82 Å². The van der Waals surface area contributed by atoms with Crippen LogP contribution in [0.15, 0.2) is 12.4 Å². The second kappa shape index (κ2) is 5.65. The van der Waals surface area contributed by atoms with Gasteiger partial charge in [0.15, 0.2) is 5.69 Å². The topological polar surface area (TPSA) is 91.1 Å². The molecule has 2 atom stereocenters. The van der Waals surface area contributed by atoms with Gasteiger partial charge in [-0.1, -0.05) is 0 Å². The van der Waals surface area contributed by atoms with E-state index in [4.69, 9.17) is 10.00 Å². The third-order valence-corrected chi connectivity index (χ3v) is 6.50. The number of hydrogen-bond acceptors (Lipinski definition) is 6. The minimum atomic E-state index is -0.144. The van der Waals surface area contributed by atoms with Gasteiger partial charge in [0.05, 0.1) is 31.6 Å². The summed E-state index contributed by atoms with van der Waals surface area (Å²) in [4.78, 5) is 22.7. The van der Waals surface area contributed by atoms with E-state index in [-0.39, 0.29) is 23.5 Å². The minimum Gasteiger partial charge on any atom is -0.366 e. The van der Waals surface area contributed by atoms with Crippen LogP contribution in [0.25, 0.3) is 0 Å². The summed E-state index contributed by atoms with van der Waals surface area (Å²) in [5.41, 5.74) is 0.601. The molecular formula is C19H23N5O2. The third kappa shape index (κ3) is 2.73. The number of amides is 1. The van der Waals surface area contributed by atoms with Gasteiger partial charge in [-0.2, -0.15) is 5.26 Å². The van der Waals surface area contributed by atoms with Crippen molar-refractivity contribution in [2.75, 3.05) is 24.5 Å². The van der Waals surface area contributed by atoms with Gasteiger partial charge in [0.2, 0.25) is 5.91 Å². The van der Waals surface area contributed by atoms with Crippen LogP contribution >= 0.6 is 0 Å². The minimum absolute atomic E-state index is 0.0975. The largest absolute Gasteiger partial charge is 0.366 e. The lowest BCUT2D eigenvalue weighted by atomic mass is 9.84. The Balaban J connectivity index is 1.14. The fourth-order valence-corrected chi connectivity index (χ4v) is 4.64. The maximum Gasteiger partial charge on any atom is 0.223 e. The molecule has 1 N–H and O–H groups in total. The summed E-state index contributed by atoms with van der Waals surface area (Å²) in [7, 11) is 0. The first-order valence-electron chi connectivity index (χ1n) is 9.54. The van der Waals surface area contributed by atoms with Crippen LogP contribution in [0.2, 0.25) is 0 Å². The zero-order valence-electron chi connectivity index (χ0n) is 14.8. The van der Waals surface area contributed by atoms with Crippen molar-refractivity contribution in [3.8, 4) is 6.07 Å². The molecule has 0 radical (unpaired) electrons. The Labute approximate surface area is 152 Å². The van der Waals surface area contributed by atoms with Crippen molar-refractivity contribution in [3.63, 3.8) is 0 Å². The van der Waals surface area contributed by atoms with E-state index in [0.29, 0.717) is 17.7 Å². The van der Waals surface area contributed by atoms with E-state index in [2.05, 4.69) is 20.2 Å². The standard InChI is InChI=1S/C19H23N5O2/c20-7-13-8-21-10-16(23-13)24-11-19(12-24)3-1-2-14(26-19)9-22-17(25)15-6-18(15)4-5-18/h8,10,14-15H,1-6,9,11-12H2,(H,22,25). The zero-order chi connectivity index (χ0) is 17.8. The highest BCUT2D eigenvalue weighted by molar-refractivity contribution is 5.83. The lowest BCUT2D eigenvalue weighted by Gasteiger charge is -2.53. The van der Waals surface area contributed by atoms with Crippen molar-refractivity contribution in [3.05, 3.63) is 18.1 Å². The predicted octanol–water partition coefficient (Wildman–Crippen LogP) is 1.39. The first kappa shape index (κ1) is 16.0. The molecular weight excluding hydrogens is 330 g/mol. The van der Waals surface area contributed by atoms with Gasteiger partial charge in [0, 0.05) is 12.5 Å². The Morgan fingerprint density at radius 1 is 1.38 bits per heavy atom. The van der Waals surface area contributed by atoms with Crippen molar-refractivity contribution >= 4 is 11.7 Å². The number of nitrogens with one attached hydrogen (secondary N) is 1.